The number of benzene rings is 2. The highest BCUT2D eigenvalue weighted by Crippen LogP contribution is 2.28. The Bertz CT molecular complexity index is 761. The van der Waals surface area contributed by atoms with Gasteiger partial charge in [0, 0.05) is 19.2 Å². The lowest BCUT2D eigenvalue weighted by atomic mass is 10.1. The molecule has 8 heteroatoms. The highest BCUT2D eigenvalue weighted by atomic mass is 16.6. The zero-order valence-corrected chi connectivity index (χ0v) is 14.6. The molecule has 26 heavy (non-hydrogen) atoms. The van der Waals surface area contributed by atoms with Gasteiger partial charge in [-0.3, -0.25) is 14.9 Å². The van der Waals surface area contributed by atoms with E-state index in [4.69, 9.17) is 14.2 Å². The van der Waals surface area contributed by atoms with E-state index in [1.165, 1.54) is 25.3 Å². The van der Waals surface area contributed by atoms with Crippen molar-refractivity contribution in [2.45, 2.75) is 6.42 Å². The second-order valence-electron chi connectivity index (χ2n) is 5.37. The summed E-state index contributed by atoms with van der Waals surface area (Å²) in [6, 6.07) is 11.3. The van der Waals surface area contributed by atoms with Gasteiger partial charge < -0.3 is 19.5 Å². The quantitative estimate of drug-likeness (QED) is 0.545. The molecular weight excluding hydrogens is 340 g/mol. The Balaban J connectivity index is 1.94. The first-order chi connectivity index (χ1) is 12.5. The third-order valence-electron chi connectivity index (χ3n) is 3.56. The summed E-state index contributed by atoms with van der Waals surface area (Å²) in [5.74, 6) is 0.422. The zero-order valence-electron chi connectivity index (χ0n) is 14.6. The highest BCUT2D eigenvalue weighted by Gasteiger charge is 2.14. The van der Waals surface area contributed by atoms with Crippen LogP contribution in [0.5, 0.6) is 11.5 Å². The molecule has 0 radical (unpaired) electrons. The average Bonchev–Trinajstić information content (AvgIpc) is 2.65. The van der Waals surface area contributed by atoms with E-state index in [-0.39, 0.29) is 18.0 Å². The van der Waals surface area contributed by atoms with Crippen molar-refractivity contribution in [1.29, 1.82) is 0 Å². The average molecular weight is 360 g/mol. The summed E-state index contributed by atoms with van der Waals surface area (Å²) in [5, 5.41) is 13.4. The molecular formula is C18H20N2O6. The fourth-order valence-electron chi connectivity index (χ4n) is 2.21. The lowest BCUT2D eigenvalue weighted by Crippen LogP contribution is -2.20. The minimum atomic E-state index is -0.545. The van der Waals surface area contributed by atoms with Gasteiger partial charge in [0.2, 0.25) is 0 Å². The zero-order chi connectivity index (χ0) is 18.9. The summed E-state index contributed by atoms with van der Waals surface area (Å²) >= 11 is 0. The van der Waals surface area contributed by atoms with E-state index in [2.05, 4.69) is 5.32 Å². The minimum Gasteiger partial charge on any atom is -0.495 e. The first-order valence-corrected chi connectivity index (χ1v) is 7.86. The minimum absolute atomic E-state index is 0.145. The van der Waals surface area contributed by atoms with Crippen LogP contribution in [0, 0.1) is 10.1 Å². The third-order valence-corrected chi connectivity index (χ3v) is 3.56. The number of rotatable bonds is 9. The molecule has 0 saturated heterocycles. The first kappa shape index (κ1) is 19.2. The van der Waals surface area contributed by atoms with E-state index >= 15 is 0 Å². The van der Waals surface area contributed by atoms with E-state index < -0.39 is 10.8 Å². The summed E-state index contributed by atoms with van der Waals surface area (Å²) in [5.41, 5.74) is 1.17. The number of anilines is 1. The largest absolute Gasteiger partial charge is 0.495 e. The van der Waals surface area contributed by atoms with Gasteiger partial charge in [-0.15, -0.1) is 0 Å². The van der Waals surface area contributed by atoms with Gasteiger partial charge in [0.15, 0.2) is 6.61 Å². The number of nitrogens with zero attached hydrogens (tertiary/aromatic N) is 1. The van der Waals surface area contributed by atoms with Crippen LogP contribution < -0.4 is 14.8 Å². The van der Waals surface area contributed by atoms with Gasteiger partial charge in [-0.25, -0.2) is 0 Å². The molecule has 0 saturated carbocycles. The van der Waals surface area contributed by atoms with Crippen LogP contribution in [-0.4, -0.2) is 38.3 Å². The molecule has 1 amide bonds. The lowest BCUT2D eigenvalue weighted by molar-refractivity contribution is -0.384. The fraction of sp³-hybridized carbons (Fsp3) is 0.278. The summed E-state index contributed by atoms with van der Waals surface area (Å²) in [6.45, 7) is 0.400. The molecule has 0 aliphatic heterocycles. The first-order valence-electron chi connectivity index (χ1n) is 7.86. The summed E-state index contributed by atoms with van der Waals surface area (Å²) < 4.78 is 15.6. The normalized spacial score (nSPS) is 10.2. The van der Waals surface area contributed by atoms with Crippen molar-refractivity contribution < 1.29 is 23.9 Å². The summed E-state index contributed by atoms with van der Waals surface area (Å²) in [7, 11) is 3.06. The molecule has 0 spiro atoms. The molecule has 0 heterocycles. The molecule has 0 unspecified atom stereocenters. The predicted molar refractivity (Wildman–Crippen MR) is 95.8 cm³/mol. The number of nitro groups is 1. The Labute approximate surface area is 150 Å². The molecule has 2 aromatic rings. The van der Waals surface area contributed by atoms with Crippen LogP contribution in [0.3, 0.4) is 0 Å². The molecule has 1 N–H and O–H groups in total. The van der Waals surface area contributed by atoms with Gasteiger partial charge in [-0.2, -0.15) is 0 Å². The van der Waals surface area contributed by atoms with Gasteiger partial charge >= 0.3 is 0 Å². The number of methoxy groups -OCH3 is 2. The van der Waals surface area contributed by atoms with Gasteiger partial charge in [0.25, 0.3) is 11.6 Å². The Hall–Kier alpha value is -3.13. The van der Waals surface area contributed by atoms with E-state index in [9.17, 15) is 14.9 Å². The number of nitro benzene ring substituents is 1. The number of hydrogen-bond donors (Lipinski definition) is 1. The molecule has 0 aromatic heterocycles. The second kappa shape index (κ2) is 9.38. The lowest BCUT2D eigenvalue weighted by Gasteiger charge is -2.11. The van der Waals surface area contributed by atoms with Gasteiger partial charge in [-0.05, 0) is 30.2 Å². The SMILES string of the molecule is COCCc1ccc(OCC(=O)Nc2cc([N+](=O)[O-])ccc2OC)cc1. The van der Waals surface area contributed by atoms with Crippen molar-refractivity contribution in [2.24, 2.45) is 0 Å². The van der Waals surface area contributed by atoms with Crippen molar-refractivity contribution in [2.75, 3.05) is 32.8 Å². The summed E-state index contributed by atoms with van der Waals surface area (Å²) in [4.78, 5) is 22.4. The number of nitrogens with one attached hydrogen (secondary N) is 1. The standard InChI is InChI=1S/C18H20N2O6/c1-24-10-9-13-3-6-15(7-4-13)26-12-18(21)19-16-11-14(20(22)23)5-8-17(16)25-2/h3-8,11H,9-10,12H2,1-2H3,(H,19,21). The van der Waals surface area contributed by atoms with E-state index in [1.54, 1.807) is 19.2 Å². The number of non-ortho nitro benzene ring substituents is 1. The molecule has 8 nitrogen and oxygen atoms in total. The molecule has 138 valence electrons. The van der Waals surface area contributed by atoms with Gasteiger partial charge in [-0.1, -0.05) is 12.1 Å². The second-order valence-corrected chi connectivity index (χ2v) is 5.37. The summed E-state index contributed by atoms with van der Waals surface area (Å²) in [6.07, 6.45) is 0.795. The molecule has 2 aromatic carbocycles. The van der Waals surface area contributed by atoms with Crippen LogP contribution >= 0.6 is 0 Å². The number of hydrogen-bond acceptors (Lipinski definition) is 6. The molecule has 2 rings (SSSR count). The molecule has 0 aliphatic rings. The molecule has 0 bridgehead atoms. The smallest absolute Gasteiger partial charge is 0.271 e. The Morgan fingerprint density at radius 2 is 1.88 bits per heavy atom. The van der Waals surface area contributed by atoms with Gasteiger partial charge in [0.05, 0.1) is 24.3 Å². The van der Waals surface area contributed by atoms with Gasteiger partial charge in [0.1, 0.15) is 11.5 Å². The molecule has 0 aliphatic carbocycles. The van der Waals surface area contributed by atoms with Crippen molar-refractivity contribution >= 4 is 17.3 Å². The van der Waals surface area contributed by atoms with Crippen molar-refractivity contribution in [3.63, 3.8) is 0 Å². The number of amides is 1. The van der Waals surface area contributed by atoms with Crippen molar-refractivity contribution in [3.8, 4) is 11.5 Å². The van der Waals surface area contributed by atoms with Crippen LogP contribution in [0.4, 0.5) is 11.4 Å². The molecule has 0 atom stereocenters. The molecule has 0 fully saturated rings. The fourth-order valence-corrected chi connectivity index (χ4v) is 2.21. The van der Waals surface area contributed by atoms with Crippen LogP contribution in [0.1, 0.15) is 5.56 Å². The van der Waals surface area contributed by atoms with Crippen LogP contribution in [0.15, 0.2) is 42.5 Å². The van der Waals surface area contributed by atoms with Crippen molar-refractivity contribution in [3.05, 3.63) is 58.1 Å². The maximum absolute atomic E-state index is 12.1. The van der Waals surface area contributed by atoms with Crippen LogP contribution in [-0.2, 0) is 16.0 Å². The monoisotopic (exact) mass is 360 g/mol. The Morgan fingerprint density at radius 3 is 2.50 bits per heavy atom. The predicted octanol–water partition coefficient (Wildman–Crippen LogP) is 2.81. The Morgan fingerprint density at radius 1 is 1.15 bits per heavy atom. The third kappa shape index (κ3) is 5.45. The highest BCUT2D eigenvalue weighted by molar-refractivity contribution is 5.93. The van der Waals surface area contributed by atoms with Crippen LogP contribution in [0.2, 0.25) is 0 Å². The van der Waals surface area contributed by atoms with E-state index in [1.807, 2.05) is 12.1 Å². The maximum atomic E-state index is 12.1. The van der Waals surface area contributed by atoms with Crippen molar-refractivity contribution in [1.82, 2.24) is 0 Å². The maximum Gasteiger partial charge on any atom is 0.271 e. The number of carbonyl (C=O) groups is 1. The topological polar surface area (TPSA) is 99.9 Å². The number of carbonyl (C=O) groups excluding carboxylic acids is 1. The Kier molecular flexibility index (Phi) is 6.92. The van der Waals surface area contributed by atoms with E-state index in [0.717, 1.165) is 12.0 Å². The number of ether oxygens (including phenoxy) is 3. The van der Waals surface area contributed by atoms with Crippen LogP contribution in [0.25, 0.3) is 0 Å². The van der Waals surface area contributed by atoms with E-state index in [0.29, 0.717) is 18.1 Å².